The fourth-order valence-corrected chi connectivity index (χ4v) is 2.91. The third kappa shape index (κ3) is 4.57. The minimum Gasteiger partial charge on any atom is -0.378 e. The lowest BCUT2D eigenvalue weighted by molar-refractivity contribution is -0.00492. The van der Waals surface area contributed by atoms with Gasteiger partial charge in [0.25, 0.3) is 0 Å². The van der Waals surface area contributed by atoms with Crippen LogP contribution >= 0.6 is 0 Å². The monoisotopic (exact) mass is 332 g/mol. The fraction of sp³-hybridized carbons (Fsp3) is 0.579. The van der Waals surface area contributed by atoms with E-state index in [1.165, 1.54) is 0 Å². The molecule has 2 rings (SSSR count). The van der Waals surface area contributed by atoms with Gasteiger partial charge in [-0.1, -0.05) is 13.8 Å². The molecule has 5 nitrogen and oxygen atoms in total. The maximum absolute atomic E-state index is 12.5. The number of carbonyl (C=O) groups excluding carboxylic acids is 2. The van der Waals surface area contributed by atoms with E-state index in [0.717, 1.165) is 25.8 Å². The van der Waals surface area contributed by atoms with Crippen molar-refractivity contribution in [1.29, 1.82) is 0 Å². The average molecular weight is 332 g/mol. The third-order valence-electron chi connectivity index (χ3n) is 4.77. The molecule has 1 aromatic carbocycles. The number of methoxy groups -OCH3 is 1. The third-order valence-corrected chi connectivity index (χ3v) is 4.77. The number of ketones is 1. The molecular weight excluding hydrogens is 304 g/mol. The molecule has 1 N–H and O–H groups in total. The van der Waals surface area contributed by atoms with Crippen molar-refractivity contribution in [2.45, 2.75) is 45.6 Å². The number of amides is 2. The molecule has 1 atom stereocenters. The zero-order chi connectivity index (χ0) is 17.7. The van der Waals surface area contributed by atoms with E-state index in [-0.39, 0.29) is 23.3 Å². The Kier molecular flexibility index (Phi) is 5.99. The van der Waals surface area contributed by atoms with Crippen LogP contribution in [0.25, 0.3) is 0 Å². The van der Waals surface area contributed by atoms with Crippen molar-refractivity contribution in [2.24, 2.45) is 5.92 Å². The number of Topliss-reactive ketones (excluding diaryl/α,β-unsaturated/α-hetero) is 1. The average Bonchev–Trinajstić information content (AvgIpc) is 2.77. The zero-order valence-corrected chi connectivity index (χ0v) is 15.1. The van der Waals surface area contributed by atoms with E-state index in [4.69, 9.17) is 4.74 Å². The second-order valence-electron chi connectivity index (χ2n) is 7.02. The van der Waals surface area contributed by atoms with Crippen molar-refractivity contribution in [3.05, 3.63) is 29.8 Å². The molecule has 1 aliphatic rings. The second-order valence-corrected chi connectivity index (χ2v) is 7.02. The van der Waals surface area contributed by atoms with Crippen molar-refractivity contribution in [1.82, 2.24) is 4.90 Å². The Hall–Kier alpha value is -1.88. The van der Waals surface area contributed by atoms with Crippen LogP contribution in [0, 0.1) is 5.92 Å². The summed E-state index contributed by atoms with van der Waals surface area (Å²) in [5.41, 5.74) is 1.24. The number of likely N-dealkylation sites (tertiary alicyclic amines) is 1. The van der Waals surface area contributed by atoms with Crippen molar-refractivity contribution < 1.29 is 14.3 Å². The number of ether oxygens (including phenoxy) is 1. The van der Waals surface area contributed by atoms with Gasteiger partial charge in [-0.3, -0.25) is 4.79 Å². The predicted molar refractivity (Wildman–Crippen MR) is 95.5 cm³/mol. The van der Waals surface area contributed by atoms with Gasteiger partial charge in [0.15, 0.2) is 5.78 Å². The van der Waals surface area contributed by atoms with E-state index in [1.54, 1.807) is 31.4 Å². The number of rotatable bonds is 4. The SMILES string of the molecule is CO[C@@]1(C)CCCN(C(=O)Nc2ccc(C(=O)C(C)C)cc2)CC1. The number of urea groups is 1. The van der Waals surface area contributed by atoms with E-state index in [0.29, 0.717) is 17.8 Å². The lowest BCUT2D eigenvalue weighted by atomic mass is 9.97. The van der Waals surface area contributed by atoms with Crippen LogP contribution in [0.4, 0.5) is 10.5 Å². The highest BCUT2D eigenvalue weighted by molar-refractivity contribution is 5.98. The number of carbonyl (C=O) groups is 2. The molecule has 0 spiro atoms. The first-order chi connectivity index (χ1) is 11.3. The van der Waals surface area contributed by atoms with E-state index in [9.17, 15) is 9.59 Å². The van der Waals surface area contributed by atoms with Crippen LogP contribution in [0.2, 0.25) is 0 Å². The molecule has 2 amide bonds. The van der Waals surface area contributed by atoms with Gasteiger partial charge in [-0.05, 0) is 50.5 Å². The van der Waals surface area contributed by atoms with Crippen LogP contribution < -0.4 is 5.32 Å². The Labute approximate surface area is 144 Å². The summed E-state index contributed by atoms with van der Waals surface area (Å²) in [5, 5.41) is 2.92. The molecule has 24 heavy (non-hydrogen) atoms. The molecule has 0 unspecified atom stereocenters. The Morgan fingerprint density at radius 2 is 1.83 bits per heavy atom. The molecule has 1 heterocycles. The number of hydrogen-bond acceptors (Lipinski definition) is 3. The van der Waals surface area contributed by atoms with E-state index >= 15 is 0 Å². The zero-order valence-electron chi connectivity index (χ0n) is 15.1. The summed E-state index contributed by atoms with van der Waals surface area (Å²) in [4.78, 5) is 26.2. The summed E-state index contributed by atoms with van der Waals surface area (Å²) in [6, 6.07) is 7.00. The molecular formula is C19H28N2O3. The van der Waals surface area contributed by atoms with Crippen LogP contribution in [0.15, 0.2) is 24.3 Å². The Balaban J connectivity index is 1.96. The fourth-order valence-electron chi connectivity index (χ4n) is 2.91. The molecule has 1 aliphatic heterocycles. The van der Waals surface area contributed by atoms with Gasteiger partial charge in [0.1, 0.15) is 0 Å². The minimum absolute atomic E-state index is 0.0300. The lowest BCUT2D eigenvalue weighted by Crippen LogP contribution is -2.37. The number of nitrogens with one attached hydrogen (secondary N) is 1. The van der Waals surface area contributed by atoms with Crippen molar-refractivity contribution in [2.75, 3.05) is 25.5 Å². The van der Waals surface area contributed by atoms with Crippen molar-refractivity contribution in [3.8, 4) is 0 Å². The molecule has 1 aromatic rings. The first-order valence-electron chi connectivity index (χ1n) is 8.60. The van der Waals surface area contributed by atoms with Gasteiger partial charge in [-0.15, -0.1) is 0 Å². The van der Waals surface area contributed by atoms with Gasteiger partial charge in [0.05, 0.1) is 5.60 Å². The Bertz CT molecular complexity index is 583. The summed E-state index contributed by atoms with van der Waals surface area (Å²) in [5.74, 6) is 0.0804. The topological polar surface area (TPSA) is 58.6 Å². The van der Waals surface area contributed by atoms with E-state index < -0.39 is 0 Å². The molecule has 0 aromatic heterocycles. The molecule has 132 valence electrons. The predicted octanol–water partition coefficient (Wildman–Crippen LogP) is 3.95. The Morgan fingerprint density at radius 1 is 1.17 bits per heavy atom. The van der Waals surface area contributed by atoms with Gasteiger partial charge >= 0.3 is 6.03 Å². The molecule has 5 heteroatoms. The summed E-state index contributed by atoms with van der Waals surface area (Å²) in [7, 11) is 1.73. The number of benzene rings is 1. The number of nitrogens with zero attached hydrogens (tertiary/aromatic N) is 1. The number of hydrogen-bond donors (Lipinski definition) is 1. The Morgan fingerprint density at radius 3 is 2.42 bits per heavy atom. The summed E-state index contributed by atoms with van der Waals surface area (Å²) >= 11 is 0. The lowest BCUT2D eigenvalue weighted by Gasteiger charge is -2.26. The highest BCUT2D eigenvalue weighted by Gasteiger charge is 2.29. The van der Waals surface area contributed by atoms with Crippen LogP contribution in [0.1, 0.15) is 50.4 Å². The first-order valence-corrected chi connectivity index (χ1v) is 8.60. The minimum atomic E-state index is -0.145. The van der Waals surface area contributed by atoms with Gasteiger partial charge in [0, 0.05) is 37.4 Å². The molecule has 0 bridgehead atoms. The highest BCUT2D eigenvalue weighted by atomic mass is 16.5. The largest absolute Gasteiger partial charge is 0.378 e. The van der Waals surface area contributed by atoms with Crippen LogP contribution in [-0.2, 0) is 4.74 Å². The first kappa shape index (κ1) is 18.5. The van der Waals surface area contributed by atoms with Gasteiger partial charge in [-0.25, -0.2) is 4.79 Å². The van der Waals surface area contributed by atoms with E-state index in [1.807, 2.05) is 18.7 Å². The van der Waals surface area contributed by atoms with Crippen LogP contribution in [0.3, 0.4) is 0 Å². The van der Waals surface area contributed by atoms with E-state index in [2.05, 4.69) is 12.2 Å². The molecule has 1 saturated heterocycles. The molecule has 0 aliphatic carbocycles. The van der Waals surface area contributed by atoms with Gasteiger partial charge in [0.2, 0.25) is 0 Å². The second kappa shape index (κ2) is 7.79. The quantitative estimate of drug-likeness (QED) is 0.849. The molecule has 1 fully saturated rings. The van der Waals surface area contributed by atoms with Gasteiger partial charge < -0.3 is 15.0 Å². The van der Waals surface area contributed by atoms with Crippen LogP contribution in [0.5, 0.6) is 0 Å². The highest BCUT2D eigenvalue weighted by Crippen LogP contribution is 2.25. The van der Waals surface area contributed by atoms with Crippen molar-refractivity contribution in [3.63, 3.8) is 0 Å². The van der Waals surface area contributed by atoms with Gasteiger partial charge in [-0.2, -0.15) is 0 Å². The smallest absolute Gasteiger partial charge is 0.321 e. The number of anilines is 1. The summed E-state index contributed by atoms with van der Waals surface area (Å²) in [6.45, 7) is 7.27. The van der Waals surface area contributed by atoms with Crippen molar-refractivity contribution >= 4 is 17.5 Å². The molecule has 0 saturated carbocycles. The maximum atomic E-state index is 12.5. The van der Waals surface area contributed by atoms with Crippen LogP contribution in [-0.4, -0.2) is 42.5 Å². The summed E-state index contributed by atoms with van der Waals surface area (Å²) in [6.07, 6.45) is 2.72. The standard InChI is InChI=1S/C19H28N2O3/c1-14(2)17(22)15-6-8-16(9-7-15)20-18(23)21-12-5-10-19(3,24-4)11-13-21/h6-9,14H,5,10-13H2,1-4H3,(H,20,23)/t19-/m0/s1. The molecule has 0 radical (unpaired) electrons. The summed E-state index contributed by atoms with van der Waals surface area (Å²) < 4.78 is 5.57. The normalized spacial score (nSPS) is 21.5. The maximum Gasteiger partial charge on any atom is 0.321 e.